The van der Waals surface area contributed by atoms with Crippen LogP contribution in [0.15, 0.2) is 54.7 Å². The molecule has 0 aliphatic heterocycles. The maximum absolute atomic E-state index is 12.3. The van der Waals surface area contributed by atoms with Gasteiger partial charge in [-0.1, -0.05) is 24.3 Å². The van der Waals surface area contributed by atoms with Gasteiger partial charge in [-0.15, -0.1) is 0 Å². The van der Waals surface area contributed by atoms with Crippen molar-refractivity contribution in [3.63, 3.8) is 0 Å². The number of para-hydroxylation sites is 1. The Kier molecular flexibility index (Phi) is 6.39. The molecule has 1 aromatic carbocycles. The monoisotopic (exact) mass is 300 g/mol. The molecule has 22 heavy (non-hydrogen) atoms. The molecule has 0 aliphatic carbocycles. The number of rotatable bonds is 7. The lowest BCUT2D eigenvalue weighted by atomic mass is 10.3. The number of hydrogen-bond acceptors (Lipinski definition) is 4. The van der Waals surface area contributed by atoms with E-state index < -0.39 is 0 Å². The molecule has 0 radical (unpaired) electrons. The first kappa shape index (κ1) is 16.0. The van der Waals surface area contributed by atoms with Gasteiger partial charge in [-0.3, -0.25) is 4.98 Å². The van der Waals surface area contributed by atoms with Crippen molar-refractivity contribution in [3.8, 4) is 5.75 Å². The maximum atomic E-state index is 12.3. The van der Waals surface area contributed by atoms with Gasteiger partial charge in [-0.25, -0.2) is 4.79 Å². The van der Waals surface area contributed by atoms with Gasteiger partial charge in [0.2, 0.25) is 0 Å². The summed E-state index contributed by atoms with van der Waals surface area (Å²) in [6.07, 6.45) is 2.08. The fraction of sp³-hybridized carbons (Fsp3) is 0.294. The van der Waals surface area contributed by atoms with Gasteiger partial charge >= 0.3 is 6.09 Å². The quantitative estimate of drug-likeness (QED) is 0.737. The number of methoxy groups -OCH3 is 1. The molecule has 1 amide bonds. The molecule has 1 aromatic heterocycles. The number of benzene rings is 1. The molecule has 0 fully saturated rings. The number of ether oxygens (including phenoxy) is 2. The van der Waals surface area contributed by atoms with Crippen LogP contribution in [0.5, 0.6) is 5.75 Å². The van der Waals surface area contributed by atoms with Crippen molar-refractivity contribution in [2.75, 3.05) is 20.3 Å². The molecule has 5 nitrogen and oxygen atoms in total. The normalized spacial score (nSPS) is 10.2. The van der Waals surface area contributed by atoms with E-state index in [2.05, 4.69) is 4.98 Å². The highest BCUT2D eigenvalue weighted by atomic mass is 16.6. The van der Waals surface area contributed by atoms with Gasteiger partial charge < -0.3 is 14.4 Å². The van der Waals surface area contributed by atoms with E-state index in [4.69, 9.17) is 9.47 Å². The maximum Gasteiger partial charge on any atom is 0.415 e. The Balaban J connectivity index is 2.00. The van der Waals surface area contributed by atoms with E-state index in [9.17, 15) is 4.79 Å². The van der Waals surface area contributed by atoms with Crippen molar-refractivity contribution >= 4 is 6.09 Å². The van der Waals surface area contributed by atoms with Gasteiger partial charge in [0.15, 0.2) is 0 Å². The van der Waals surface area contributed by atoms with Crippen molar-refractivity contribution in [1.29, 1.82) is 0 Å². The predicted octanol–water partition coefficient (Wildman–Crippen LogP) is 3.12. The van der Waals surface area contributed by atoms with Crippen molar-refractivity contribution in [2.45, 2.75) is 13.0 Å². The highest BCUT2D eigenvalue weighted by Crippen LogP contribution is 2.12. The molecule has 5 heteroatoms. The summed E-state index contributed by atoms with van der Waals surface area (Å²) >= 11 is 0. The van der Waals surface area contributed by atoms with Crippen LogP contribution in [0.3, 0.4) is 0 Å². The van der Waals surface area contributed by atoms with Gasteiger partial charge in [0.05, 0.1) is 12.2 Å². The highest BCUT2D eigenvalue weighted by molar-refractivity contribution is 5.70. The summed E-state index contributed by atoms with van der Waals surface area (Å²) < 4.78 is 10.4. The molecule has 0 spiro atoms. The molecule has 0 bridgehead atoms. The third kappa shape index (κ3) is 5.18. The summed E-state index contributed by atoms with van der Waals surface area (Å²) in [5.41, 5.74) is 0.824. The third-order valence-corrected chi connectivity index (χ3v) is 3.06. The van der Waals surface area contributed by atoms with Crippen LogP contribution in [0.4, 0.5) is 4.79 Å². The van der Waals surface area contributed by atoms with Crippen LogP contribution in [0.25, 0.3) is 0 Å². The summed E-state index contributed by atoms with van der Waals surface area (Å²) in [6, 6.07) is 14.7. The first-order chi connectivity index (χ1) is 10.8. The average molecular weight is 300 g/mol. The molecule has 0 atom stereocenters. The molecular weight excluding hydrogens is 280 g/mol. The van der Waals surface area contributed by atoms with E-state index in [0.29, 0.717) is 25.4 Å². The lowest BCUT2D eigenvalue weighted by Gasteiger charge is -2.21. The Bertz CT molecular complexity index is 561. The van der Waals surface area contributed by atoms with Crippen molar-refractivity contribution in [2.24, 2.45) is 0 Å². The van der Waals surface area contributed by atoms with Gasteiger partial charge in [0.1, 0.15) is 5.75 Å². The minimum absolute atomic E-state index is 0.382. The molecule has 1 heterocycles. The molecule has 0 aliphatic rings. The zero-order valence-electron chi connectivity index (χ0n) is 12.6. The Morgan fingerprint density at radius 2 is 1.91 bits per heavy atom. The fourth-order valence-corrected chi connectivity index (χ4v) is 1.98. The molecule has 0 unspecified atom stereocenters. The van der Waals surface area contributed by atoms with E-state index >= 15 is 0 Å². The summed E-state index contributed by atoms with van der Waals surface area (Å²) in [5.74, 6) is 0.533. The smallest absolute Gasteiger partial charge is 0.410 e. The molecule has 0 saturated heterocycles. The zero-order valence-corrected chi connectivity index (χ0v) is 12.6. The van der Waals surface area contributed by atoms with Crippen LogP contribution in [-0.4, -0.2) is 36.2 Å². The molecular formula is C17H20N2O3. The topological polar surface area (TPSA) is 51.7 Å². The van der Waals surface area contributed by atoms with Gasteiger partial charge in [-0.05, 0) is 30.7 Å². The van der Waals surface area contributed by atoms with E-state index in [1.807, 2.05) is 36.4 Å². The molecule has 0 saturated carbocycles. The lowest BCUT2D eigenvalue weighted by Crippen LogP contribution is -2.34. The second kappa shape index (κ2) is 8.79. The van der Waals surface area contributed by atoms with E-state index in [1.165, 1.54) is 0 Å². The van der Waals surface area contributed by atoms with Gasteiger partial charge in [0.25, 0.3) is 0 Å². The van der Waals surface area contributed by atoms with Crippen LogP contribution in [0, 0.1) is 0 Å². The molecule has 116 valence electrons. The summed E-state index contributed by atoms with van der Waals surface area (Å²) in [4.78, 5) is 18.2. The minimum Gasteiger partial charge on any atom is -0.410 e. The lowest BCUT2D eigenvalue weighted by molar-refractivity contribution is 0.136. The number of nitrogens with zero attached hydrogens (tertiary/aromatic N) is 2. The second-order valence-corrected chi connectivity index (χ2v) is 4.77. The van der Waals surface area contributed by atoms with E-state index in [1.54, 1.807) is 30.3 Å². The Morgan fingerprint density at radius 1 is 1.14 bits per heavy atom. The fourth-order valence-electron chi connectivity index (χ4n) is 1.98. The predicted molar refractivity (Wildman–Crippen MR) is 83.6 cm³/mol. The Labute approximate surface area is 130 Å². The minimum atomic E-state index is -0.382. The van der Waals surface area contributed by atoms with Crippen molar-refractivity contribution in [1.82, 2.24) is 9.88 Å². The molecule has 2 rings (SSSR count). The Hall–Kier alpha value is -2.40. The van der Waals surface area contributed by atoms with Gasteiger partial charge in [0, 0.05) is 26.5 Å². The van der Waals surface area contributed by atoms with Crippen LogP contribution in [-0.2, 0) is 11.3 Å². The highest BCUT2D eigenvalue weighted by Gasteiger charge is 2.16. The number of hydrogen-bond donors (Lipinski definition) is 0. The van der Waals surface area contributed by atoms with Crippen LogP contribution in [0.2, 0.25) is 0 Å². The van der Waals surface area contributed by atoms with Crippen molar-refractivity contribution in [3.05, 3.63) is 60.4 Å². The van der Waals surface area contributed by atoms with Gasteiger partial charge in [-0.2, -0.15) is 0 Å². The summed E-state index contributed by atoms with van der Waals surface area (Å²) in [7, 11) is 1.64. The summed E-state index contributed by atoms with van der Waals surface area (Å²) in [6.45, 7) is 1.56. The number of carbonyl (C=O) groups is 1. The average Bonchev–Trinajstić information content (AvgIpc) is 2.56. The van der Waals surface area contributed by atoms with Crippen molar-refractivity contribution < 1.29 is 14.3 Å². The number of pyridine rings is 1. The van der Waals surface area contributed by atoms with Crippen LogP contribution < -0.4 is 4.74 Å². The molecule has 0 N–H and O–H groups in total. The Morgan fingerprint density at radius 3 is 2.59 bits per heavy atom. The molecule has 2 aromatic rings. The third-order valence-electron chi connectivity index (χ3n) is 3.06. The first-order valence-electron chi connectivity index (χ1n) is 7.20. The number of amides is 1. The summed E-state index contributed by atoms with van der Waals surface area (Å²) in [5, 5.41) is 0. The number of carbonyl (C=O) groups excluding carboxylic acids is 1. The SMILES string of the molecule is COCCCN(Cc1ccccn1)C(=O)Oc1ccccc1. The van der Waals surface area contributed by atoms with E-state index in [0.717, 1.165) is 12.1 Å². The van der Waals surface area contributed by atoms with Crippen LogP contribution in [0.1, 0.15) is 12.1 Å². The van der Waals surface area contributed by atoms with Crippen LogP contribution >= 0.6 is 0 Å². The largest absolute Gasteiger partial charge is 0.415 e. The second-order valence-electron chi connectivity index (χ2n) is 4.77. The zero-order chi connectivity index (χ0) is 15.6. The first-order valence-corrected chi connectivity index (χ1v) is 7.20. The number of aromatic nitrogens is 1. The standard InChI is InChI=1S/C17H20N2O3/c1-21-13-7-12-19(14-15-8-5-6-11-18-15)17(20)22-16-9-3-2-4-10-16/h2-6,8-11H,7,12-14H2,1H3. The van der Waals surface area contributed by atoms with E-state index in [-0.39, 0.29) is 6.09 Å².